The first-order chi connectivity index (χ1) is 11.7. The van der Waals surface area contributed by atoms with Gasteiger partial charge in [0.15, 0.2) is 0 Å². The summed E-state index contributed by atoms with van der Waals surface area (Å²) in [5.74, 6) is -2.97. The van der Waals surface area contributed by atoms with E-state index < -0.39 is 30.6 Å². The molecule has 4 N–H and O–H groups in total. The Hall–Kier alpha value is -0.300. The molecule has 0 fully saturated rings. The van der Waals surface area contributed by atoms with Crippen LogP contribution in [0.15, 0.2) is 0 Å². The smallest absolute Gasteiger partial charge is 0.375 e. The van der Waals surface area contributed by atoms with Gasteiger partial charge in [0.05, 0.1) is 36.5 Å². The molecule has 0 radical (unpaired) electrons. The highest BCUT2D eigenvalue weighted by Crippen LogP contribution is 2.32. The number of aliphatic hydroxyl groups is 2. The normalized spacial score (nSPS) is 11.8. The number of aliphatic hydroxyl groups excluding tert-OH is 2. The van der Waals surface area contributed by atoms with Crippen molar-refractivity contribution >= 4 is 85.6 Å². The molecule has 1 rings (SSSR count). The van der Waals surface area contributed by atoms with Crippen LogP contribution in [0.4, 0.5) is 0 Å². The summed E-state index contributed by atoms with van der Waals surface area (Å²) < 4.78 is 0.409. The van der Waals surface area contributed by atoms with Gasteiger partial charge in [0.25, 0.3) is 5.91 Å². The summed E-state index contributed by atoms with van der Waals surface area (Å²) >= 11 is 5.13. The lowest BCUT2D eigenvalue weighted by Gasteiger charge is -2.17. The second-order valence-electron chi connectivity index (χ2n) is 4.46. The zero-order chi connectivity index (χ0) is 19.3. The number of halogens is 3. The molecule has 0 aliphatic rings. The number of carboxylic acids is 1. The van der Waals surface area contributed by atoms with Gasteiger partial charge in [-0.25, -0.2) is 9.59 Å². The summed E-state index contributed by atoms with van der Waals surface area (Å²) in [5, 5.41) is 29.9. The molecule has 1 atom stereocenters. The van der Waals surface area contributed by atoms with Gasteiger partial charge in [0.2, 0.25) is 0 Å². The third kappa shape index (κ3) is 5.34. The molecule has 0 aromatic heterocycles. The number of carbonyl (C=O) groups is 3. The van der Waals surface area contributed by atoms with Gasteiger partial charge >= 0.3 is 11.9 Å². The molecule has 0 spiro atoms. The van der Waals surface area contributed by atoms with Gasteiger partial charge in [-0.15, -0.1) is 0 Å². The van der Waals surface area contributed by atoms with Gasteiger partial charge in [-0.1, -0.05) is 0 Å². The van der Waals surface area contributed by atoms with Crippen molar-refractivity contribution in [3.63, 3.8) is 0 Å². The summed E-state index contributed by atoms with van der Waals surface area (Å²) in [4.78, 5) is 44.9. The summed E-state index contributed by atoms with van der Waals surface area (Å²) in [6, 6.07) is 0. The summed E-state index contributed by atoms with van der Waals surface area (Å²) in [6.45, 7) is -0.791. The molecular formula is C13H12I3NO8. The van der Waals surface area contributed by atoms with Crippen LogP contribution >= 0.6 is 67.8 Å². The van der Waals surface area contributed by atoms with Gasteiger partial charge in [-0.2, -0.15) is 4.89 Å². The Bertz CT molecular complexity index is 709. The first-order valence-electron chi connectivity index (χ1n) is 6.43. The third-order valence-corrected chi connectivity index (χ3v) is 6.07. The maximum Gasteiger partial charge on any atom is 0.375 e. The number of amides is 1. The second kappa shape index (κ2) is 10.1. The van der Waals surface area contributed by atoms with Crippen molar-refractivity contribution in [2.75, 3.05) is 20.3 Å². The van der Waals surface area contributed by atoms with Gasteiger partial charge < -0.3 is 20.6 Å². The van der Waals surface area contributed by atoms with E-state index in [0.717, 1.165) is 7.11 Å². The lowest BCUT2D eigenvalue weighted by atomic mass is 10.0. The van der Waals surface area contributed by atoms with Crippen LogP contribution in [-0.4, -0.2) is 59.5 Å². The van der Waals surface area contributed by atoms with E-state index >= 15 is 0 Å². The monoisotopic (exact) mass is 691 g/mol. The van der Waals surface area contributed by atoms with E-state index in [1.54, 1.807) is 67.8 Å². The van der Waals surface area contributed by atoms with E-state index in [4.69, 9.17) is 5.11 Å². The molecule has 9 nitrogen and oxygen atoms in total. The van der Waals surface area contributed by atoms with Gasteiger partial charge in [0, 0.05) is 17.3 Å². The van der Waals surface area contributed by atoms with Crippen molar-refractivity contribution in [1.29, 1.82) is 0 Å². The Balaban J connectivity index is 3.53. The fourth-order valence-corrected chi connectivity index (χ4v) is 6.27. The molecule has 0 bridgehead atoms. The van der Waals surface area contributed by atoms with Crippen molar-refractivity contribution in [2.24, 2.45) is 0 Å². The Labute approximate surface area is 182 Å². The average molecular weight is 691 g/mol. The minimum absolute atomic E-state index is 0.0489. The van der Waals surface area contributed by atoms with Crippen LogP contribution < -0.4 is 5.32 Å². The van der Waals surface area contributed by atoms with E-state index in [9.17, 15) is 24.6 Å². The van der Waals surface area contributed by atoms with Crippen LogP contribution in [0.25, 0.3) is 0 Å². The molecule has 0 aliphatic carbocycles. The Morgan fingerprint density at radius 3 is 2.08 bits per heavy atom. The number of nitrogens with one attached hydrogen (secondary N) is 1. The van der Waals surface area contributed by atoms with Gasteiger partial charge in [-0.3, -0.25) is 9.68 Å². The molecule has 0 saturated heterocycles. The summed E-state index contributed by atoms with van der Waals surface area (Å²) in [6.07, 6.45) is -1.17. The second-order valence-corrected chi connectivity index (χ2v) is 7.69. The Morgan fingerprint density at radius 1 is 1.08 bits per heavy atom. The predicted molar refractivity (Wildman–Crippen MR) is 109 cm³/mol. The number of benzene rings is 1. The van der Waals surface area contributed by atoms with Crippen molar-refractivity contribution in [1.82, 2.24) is 5.32 Å². The quantitative estimate of drug-likeness (QED) is 0.189. The van der Waals surface area contributed by atoms with Crippen LogP contribution in [0.1, 0.15) is 31.1 Å². The number of rotatable bonds is 7. The molecule has 138 valence electrons. The van der Waals surface area contributed by atoms with Crippen molar-refractivity contribution in [2.45, 2.75) is 6.10 Å². The number of aromatic carboxylic acids is 1. The maximum absolute atomic E-state index is 12.4. The molecule has 25 heavy (non-hydrogen) atoms. The Morgan fingerprint density at radius 2 is 1.60 bits per heavy atom. The first kappa shape index (κ1) is 22.7. The number of hydrogen-bond acceptors (Lipinski definition) is 7. The first-order valence-corrected chi connectivity index (χ1v) is 9.66. The van der Waals surface area contributed by atoms with E-state index in [0.29, 0.717) is 0 Å². The number of carboxylic acid groups (broad SMARTS) is 1. The van der Waals surface area contributed by atoms with E-state index in [1.165, 1.54) is 0 Å². The zero-order valence-corrected chi connectivity index (χ0v) is 19.0. The molecular weight excluding hydrogens is 679 g/mol. The molecule has 1 amide bonds. The van der Waals surface area contributed by atoms with Crippen molar-refractivity contribution < 1.29 is 39.5 Å². The van der Waals surface area contributed by atoms with Gasteiger partial charge in [0.1, 0.15) is 0 Å². The SMILES string of the molecule is COOC(=O)c1c(I)c(C(=O)O)c(I)c(C(=O)NCC(O)CO)c1I. The average Bonchev–Trinajstić information content (AvgIpc) is 2.52. The van der Waals surface area contributed by atoms with E-state index in [2.05, 4.69) is 15.1 Å². The molecule has 0 aliphatic heterocycles. The highest BCUT2D eigenvalue weighted by molar-refractivity contribution is 14.1. The number of hydrogen-bond donors (Lipinski definition) is 4. The lowest BCUT2D eigenvalue weighted by Crippen LogP contribution is -2.35. The van der Waals surface area contributed by atoms with Crippen LogP contribution in [-0.2, 0) is 9.78 Å². The minimum atomic E-state index is -1.32. The largest absolute Gasteiger partial charge is 0.478 e. The van der Waals surface area contributed by atoms with Crippen LogP contribution in [0.5, 0.6) is 0 Å². The lowest BCUT2D eigenvalue weighted by molar-refractivity contribution is -0.216. The molecule has 1 unspecified atom stereocenters. The fraction of sp³-hybridized carbons (Fsp3) is 0.308. The fourth-order valence-electron chi connectivity index (χ4n) is 1.71. The molecule has 1 aromatic carbocycles. The third-order valence-electron chi connectivity index (χ3n) is 2.83. The number of carbonyl (C=O) groups excluding carboxylic acids is 2. The molecule has 0 heterocycles. The van der Waals surface area contributed by atoms with Crippen LogP contribution in [0, 0.1) is 10.7 Å². The van der Waals surface area contributed by atoms with E-state index in [1.807, 2.05) is 0 Å². The van der Waals surface area contributed by atoms with Gasteiger partial charge in [-0.05, 0) is 67.8 Å². The van der Waals surface area contributed by atoms with Crippen LogP contribution in [0.3, 0.4) is 0 Å². The van der Waals surface area contributed by atoms with Crippen molar-refractivity contribution in [3.05, 3.63) is 27.4 Å². The summed E-state index contributed by atoms with van der Waals surface area (Å²) in [5.41, 5.74) is -0.390. The topological polar surface area (TPSA) is 142 Å². The van der Waals surface area contributed by atoms with E-state index in [-0.39, 0.29) is 33.9 Å². The van der Waals surface area contributed by atoms with Crippen molar-refractivity contribution in [3.8, 4) is 0 Å². The standard InChI is InChI=1S/C13H12I3NO8/c1-24-25-13(23)7-9(15)5(11(20)17-2-4(19)3-18)8(14)6(10(7)16)12(21)22/h4,18-19H,2-3H2,1H3,(H,17,20)(H,21,22). The highest BCUT2D eigenvalue weighted by Gasteiger charge is 2.31. The zero-order valence-electron chi connectivity index (χ0n) is 12.5. The Kier molecular flexibility index (Phi) is 9.23. The highest BCUT2D eigenvalue weighted by atomic mass is 127. The summed E-state index contributed by atoms with van der Waals surface area (Å²) in [7, 11) is 1.12. The predicted octanol–water partition coefficient (Wildman–Crippen LogP) is 1.000. The maximum atomic E-state index is 12.4. The van der Waals surface area contributed by atoms with Crippen LogP contribution in [0.2, 0.25) is 0 Å². The molecule has 0 saturated carbocycles. The minimum Gasteiger partial charge on any atom is -0.478 e. The molecule has 12 heteroatoms. The molecule has 1 aromatic rings.